The lowest BCUT2D eigenvalue weighted by Gasteiger charge is -2.34. The zero-order valence-corrected chi connectivity index (χ0v) is 8.16. The monoisotopic (exact) mass is 186 g/mol. The van der Waals surface area contributed by atoms with E-state index >= 15 is 0 Å². The number of ether oxygens (including phenoxy) is 1. The topological polar surface area (TPSA) is 55.6 Å². The Kier molecular flexibility index (Phi) is 4.18. The number of hydrogen-bond donors (Lipinski definition) is 1. The fourth-order valence-electron chi connectivity index (χ4n) is 1.69. The average Bonchev–Trinajstić information content (AvgIpc) is 2.15. The SMILES string of the molecule is CCN1C(=O)COCC1CCCN. The van der Waals surface area contributed by atoms with Crippen LogP contribution >= 0.6 is 0 Å². The second kappa shape index (κ2) is 5.19. The zero-order chi connectivity index (χ0) is 9.68. The van der Waals surface area contributed by atoms with Crippen molar-refractivity contribution in [2.24, 2.45) is 5.73 Å². The van der Waals surface area contributed by atoms with Crippen molar-refractivity contribution in [1.82, 2.24) is 4.90 Å². The van der Waals surface area contributed by atoms with E-state index in [4.69, 9.17) is 10.5 Å². The maximum atomic E-state index is 11.4. The highest BCUT2D eigenvalue weighted by molar-refractivity contribution is 5.78. The summed E-state index contributed by atoms with van der Waals surface area (Å²) in [6.07, 6.45) is 1.91. The molecule has 0 aromatic carbocycles. The summed E-state index contributed by atoms with van der Waals surface area (Å²) in [6, 6.07) is 0.245. The Morgan fingerprint density at radius 2 is 2.46 bits per heavy atom. The van der Waals surface area contributed by atoms with Gasteiger partial charge in [-0.1, -0.05) is 0 Å². The number of nitrogens with zero attached hydrogens (tertiary/aromatic N) is 1. The molecule has 2 N–H and O–H groups in total. The highest BCUT2D eigenvalue weighted by Crippen LogP contribution is 2.12. The quantitative estimate of drug-likeness (QED) is 0.671. The van der Waals surface area contributed by atoms with E-state index in [2.05, 4.69) is 0 Å². The van der Waals surface area contributed by atoms with Crippen molar-refractivity contribution in [2.45, 2.75) is 25.8 Å². The predicted octanol–water partition coefficient (Wildman–Crippen LogP) is -0.0274. The van der Waals surface area contributed by atoms with Crippen molar-refractivity contribution in [1.29, 1.82) is 0 Å². The molecule has 1 fully saturated rings. The largest absolute Gasteiger partial charge is 0.369 e. The molecule has 0 saturated carbocycles. The van der Waals surface area contributed by atoms with Crippen LogP contribution in [0.4, 0.5) is 0 Å². The van der Waals surface area contributed by atoms with Crippen LogP contribution in [0.5, 0.6) is 0 Å². The molecule has 0 spiro atoms. The highest BCUT2D eigenvalue weighted by Gasteiger charge is 2.26. The van der Waals surface area contributed by atoms with Gasteiger partial charge in [0.25, 0.3) is 0 Å². The van der Waals surface area contributed by atoms with Crippen LogP contribution in [0.15, 0.2) is 0 Å². The molecular formula is C9H18N2O2. The second-order valence-electron chi connectivity index (χ2n) is 3.28. The van der Waals surface area contributed by atoms with Crippen molar-refractivity contribution >= 4 is 5.91 Å². The van der Waals surface area contributed by atoms with Crippen LogP contribution in [0.25, 0.3) is 0 Å². The molecule has 1 rings (SSSR count). The van der Waals surface area contributed by atoms with E-state index < -0.39 is 0 Å². The smallest absolute Gasteiger partial charge is 0.248 e. The van der Waals surface area contributed by atoms with Gasteiger partial charge in [0.15, 0.2) is 0 Å². The van der Waals surface area contributed by atoms with Crippen LogP contribution in [-0.2, 0) is 9.53 Å². The molecule has 1 unspecified atom stereocenters. The van der Waals surface area contributed by atoms with Gasteiger partial charge in [-0.2, -0.15) is 0 Å². The first-order valence-electron chi connectivity index (χ1n) is 4.86. The fraction of sp³-hybridized carbons (Fsp3) is 0.889. The predicted molar refractivity (Wildman–Crippen MR) is 50.3 cm³/mol. The van der Waals surface area contributed by atoms with Gasteiger partial charge in [-0.15, -0.1) is 0 Å². The zero-order valence-electron chi connectivity index (χ0n) is 8.16. The van der Waals surface area contributed by atoms with Crippen LogP contribution in [0.3, 0.4) is 0 Å². The summed E-state index contributed by atoms with van der Waals surface area (Å²) in [6.45, 7) is 4.37. The molecule has 1 aliphatic rings. The molecule has 1 saturated heterocycles. The van der Waals surface area contributed by atoms with Gasteiger partial charge in [-0.25, -0.2) is 0 Å². The second-order valence-corrected chi connectivity index (χ2v) is 3.28. The normalized spacial score (nSPS) is 23.7. The molecular weight excluding hydrogens is 168 g/mol. The molecule has 4 heteroatoms. The van der Waals surface area contributed by atoms with Gasteiger partial charge >= 0.3 is 0 Å². The van der Waals surface area contributed by atoms with Gasteiger partial charge in [-0.3, -0.25) is 4.79 Å². The van der Waals surface area contributed by atoms with Crippen molar-refractivity contribution in [3.8, 4) is 0 Å². The summed E-state index contributed by atoms with van der Waals surface area (Å²) in [4.78, 5) is 13.3. The summed E-state index contributed by atoms with van der Waals surface area (Å²) in [5.74, 6) is 0.107. The summed E-state index contributed by atoms with van der Waals surface area (Å²) in [5.41, 5.74) is 5.42. The Morgan fingerprint density at radius 1 is 1.69 bits per heavy atom. The molecule has 1 aliphatic heterocycles. The van der Waals surface area contributed by atoms with Gasteiger partial charge in [0.05, 0.1) is 12.6 Å². The van der Waals surface area contributed by atoms with E-state index in [-0.39, 0.29) is 18.6 Å². The Hall–Kier alpha value is -0.610. The van der Waals surface area contributed by atoms with Gasteiger partial charge in [0, 0.05) is 6.54 Å². The van der Waals surface area contributed by atoms with Crippen LogP contribution in [0.2, 0.25) is 0 Å². The number of morpholine rings is 1. The Balaban J connectivity index is 2.44. The van der Waals surface area contributed by atoms with Gasteiger partial charge in [0.1, 0.15) is 6.61 Å². The van der Waals surface area contributed by atoms with Crippen LogP contribution in [0.1, 0.15) is 19.8 Å². The summed E-state index contributed by atoms with van der Waals surface area (Å²) < 4.78 is 5.19. The Bertz CT molecular complexity index is 173. The minimum atomic E-state index is 0.107. The van der Waals surface area contributed by atoms with Gasteiger partial charge < -0.3 is 15.4 Å². The lowest BCUT2D eigenvalue weighted by atomic mass is 10.1. The lowest BCUT2D eigenvalue weighted by Crippen LogP contribution is -2.49. The molecule has 4 nitrogen and oxygen atoms in total. The molecule has 1 amide bonds. The number of carbonyl (C=O) groups excluding carboxylic acids is 1. The number of carbonyl (C=O) groups is 1. The number of nitrogens with two attached hydrogens (primary N) is 1. The average molecular weight is 186 g/mol. The minimum Gasteiger partial charge on any atom is -0.369 e. The fourth-order valence-corrected chi connectivity index (χ4v) is 1.69. The van der Waals surface area contributed by atoms with Crippen LogP contribution in [-0.4, -0.2) is 43.2 Å². The van der Waals surface area contributed by atoms with E-state index in [9.17, 15) is 4.79 Å². The molecule has 0 aliphatic carbocycles. The maximum absolute atomic E-state index is 11.4. The lowest BCUT2D eigenvalue weighted by molar-refractivity contribution is -0.148. The molecule has 76 valence electrons. The third kappa shape index (κ3) is 2.67. The third-order valence-corrected chi connectivity index (χ3v) is 2.38. The summed E-state index contributed by atoms with van der Waals surface area (Å²) in [7, 11) is 0. The maximum Gasteiger partial charge on any atom is 0.248 e. The number of hydrogen-bond acceptors (Lipinski definition) is 3. The third-order valence-electron chi connectivity index (χ3n) is 2.38. The highest BCUT2D eigenvalue weighted by atomic mass is 16.5. The van der Waals surface area contributed by atoms with E-state index in [1.165, 1.54) is 0 Å². The van der Waals surface area contributed by atoms with Crippen LogP contribution < -0.4 is 5.73 Å². The number of rotatable bonds is 4. The molecule has 1 heterocycles. The summed E-state index contributed by atoms with van der Waals surface area (Å²) >= 11 is 0. The standard InChI is InChI=1S/C9H18N2O2/c1-2-11-8(4-3-5-10)6-13-7-9(11)12/h8H,2-7,10H2,1H3. The Morgan fingerprint density at radius 3 is 3.08 bits per heavy atom. The van der Waals surface area contributed by atoms with Crippen molar-refractivity contribution < 1.29 is 9.53 Å². The number of likely N-dealkylation sites (N-methyl/N-ethyl adjacent to an activating group) is 1. The molecule has 0 aromatic heterocycles. The van der Waals surface area contributed by atoms with Crippen molar-refractivity contribution in [2.75, 3.05) is 26.3 Å². The number of amides is 1. The first-order valence-corrected chi connectivity index (χ1v) is 4.86. The summed E-state index contributed by atoms with van der Waals surface area (Å²) in [5, 5.41) is 0. The van der Waals surface area contributed by atoms with E-state index in [0.717, 1.165) is 19.4 Å². The molecule has 1 atom stereocenters. The molecule has 0 bridgehead atoms. The molecule has 0 aromatic rings. The molecule has 0 radical (unpaired) electrons. The van der Waals surface area contributed by atoms with Gasteiger partial charge in [0.2, 0.25) is 5.91 Å². The first kappa shape index (κ1) is 10.5. The van der Waals surface area contributed by atoms with Crippen LogP contribution in [0, 0.1) is 0 Å². The van der Waals surface area contributed by atoms with Crippen molar-refractivity contribution in [3.05, 3.63) is 0 Å². The minimum absolute atomic E-state index is 0.107. The Labute approximate surface area is 79.0 Å². The van der Waals surface area contributed by atoms with E-state index in [1.54, 1.807) is 0 Å². The van der Waals surface area contributed by atoms with E-state index in [0.29, 0.717) is 13.2 Å². The van der Waals surface area contributed by atoms with Crippen molar-refractivity contribution in [3.63, 3.8) is 0 Å². The van der Waals surface area contributed by atoms with Gasteiger partial charge in [-0.05, 0) is 26.3 Å². The first-order chi connectivity index (χ1) is 6.29. The molecule has 13 heavy (non-hydrogen) atoms. The van der Waals surface area contributed by atoms with E-state index in [1.807, 2.05) is 11.8 Å².